The van der Waals surface area contributed by atoms with Crippen LogP contribution in [0.5, 0.6) is 0 Å². The molecule has 1 aromatic carbocycles. The SMILES string of the molecule is CCC1C(=O)NCCN1C(=O)C=Cc1ccc(-c2ccc(F)cc2)s1. The molecule has 1 fully saturated rings. The zero-order valence-corrected chi connectivity index (χ0v) is 14.7. The number of carbonyl (C=O) groups is 2. The van der Waals surface area contributed by atoms with Crippen LogP contribution in [-0.4, -0.2) is 35.8 Å². The highest BCUT2D eigenvalue weighted by Crippen LogP contribution is 2.29. The fourth-order valence-corrected chi connectivity index (χ4v) is 3.76. The molecule has 1 saturated heterocycles. The molecule has 130 valence electrons. The number of halogens is 1. The van der Waals surface area contributed by atoms with Crippen molar-refractivity contribution in [2.24, 2.45) is 0 Å². The van der Waals surface area contributed by atoms with E-state index < -0.39 is 6.04 Å². The summed E-state index contributed by atoms with van der Waals surface area (Å²) < 4.78 is 13.0. The molecule has 0 aliphatic carbocycles. The molecule has 2 aromatic rings. The number of benzene rings is 1. The summed E-state index contributed by atoms with van der Waals surface area (Å²) in [6.45, 7) is 2.91. The predicted molar refractivity (Wildman–Crippen MR) is 97.5 cm³/mol. The zero-order valence-electron chi connectivity index (χ0n) is 13.9. The first-order chi connectivity index (χ1) is 12.1. The van der Waals surface area contributed by atoms with Gasteiger partial charge in [0, 0.05) is 28.9 Å². The Labute approximate surface area is 150 Å². The van der Waals surface area contributed by atoms with Crippen LogP contribution in [0, 0.1) is 5.82 Å². The van der Waals surface area contributed by atoms with Crippen molar-refractivity contribution in [3.63, 3.8) is 0 Å². The van der Waals surface area contributed by atoms with E-state index in [0.717, 1.165) is 15.3 Å². The minimum absolute atomic E-state index is 0.0924. The largest absolute Gasteiger partial charge is 0.353 e. The van der Waals surface area contributed by atoms with Crippen LogP contribution in [0.3, 0.4) is 0 Å². The van der Waals surface area contributed by atoms with Crippen molar-refractivity contribution in [1.82, 2.24) is 10.2 Å². The Balaban J connectivity index is 1.70. The number of thiophene rings is 1. The second-order valence-electron chi connectivity index (χ2n) is 5.79. The van der Waals surface area contributed by atoms with Crippen molar-refractivity contribution in [2.75, 3.05) is 13.1 Å². The van der Waals surface area contributed by atoms with Gasteiger partial charge in [0.2, 0.25) is 11.8 Å². The smallest absolute Gasteiger partial charge is 0.247 e. The second-order valence-corrected chi connectivity index (χ2v) is 6.90. The van der Waals surface area contributed by atoms with Crippen LogP contribution in [0.2, 0.25) is 0 Å². The maximum absolute atomic E-state index is 13.0. The number of nitrogens with zero attached hydrogens (tertiary/aromatic N) is 1. The highest BCUT2D eigenvalue weighted by Gasteiger charge is 2.30. The molecule has 0 bridgehead atoms. The molecule has 1 aromatic heterocycles. The lowest BCUT2D eigenvalue weighted by molar-refractivity contribution is -0.140. The lowest BCUT2D eigenvalue weighted by Crippen LogP contribution is -2.56. The number of hydrogen-bond donors (Lipinski definition) is 1. The summed E-state index contributed by atoms with van der Waals surface area (Å²) in [5, 5.41) is 2.79. The maximum atomic E-state index is 13.0. The van der Waals surface area contributed by atoms with E-state index in [2.05, 4.69) is 5.32 Å². The Kier molecular flexibility index (Phi) is 5.28. The molecule has 1 aliphatic rings. The molecule has 0 saturated carbocycles. The summed E-state index contributed by atoms with van der Waals surface area (Å²) in [7, 11) is 0. The first-order valence-corrected chi connectivity index (χ1v) is 9.02. The second kappa shape index (κ2) is 7.61. The van der Waals surface area contributed by atoms with Crippen LogP contribution in [0.1, 0.15) is 18.2 Å². The van der Waals surface area contributed by atoms with E-state index in [1.54, 1.807) is 23.1 Å². The van der Waals surface area contributed by atoms with E-state index in [1.165, 1.54) is 29.5 Å². The quantitative estimate of drug-likeness (QED) is 0.853. The lowest BCUT2D eigenvalue weighted by atomic mass is 10.1. The van der Waals surface area contributed by atoms with E-state index in [-0.39, 0.29) is 17.6 Å². The molecule has 4 nitrogen and oxygen atoms in total. The van der Waals surface area contributed by atoms with Crippen molar-refractivity contribution >= 4 is 29.2 Å². The van der Waals surface area contributed by atoms with Crippen LogP contribution in [0.15, 0.2) is 42.5 Å². The van der Waals surface area contributed by atoms with Gasteiger partial charge in [-0.3, -0.25) is 9.59 Å². The average molecular weight is 358 g/mol. The predicted octanol–water partition coefficient (Wildman–Crippen LogP) is 3.30. The number of hydrogen-bond acceptors (Lipinski definition) is 3. The molecule has 0 radical (unpaired) electrons. The molecule has 6 heteroatoms. The molecule has 25 heavy (non-hydrogen) atoms. The number of nitrogens with one attached hydrogen (secondary N) is 1. The highest BCUT2D eigenvalue weighted by atomic mass is 32.1. The Bertz CT molecular complexity index is 798. The standard InChI is InChI=1S/C19H19FN2O2S/c1-2-16-19(24)21-11-12-22(16)18(23)10-8-15-7-9-17(25-15)13-3-5-14(20)6-4-13/h3-10,16H,2,11-12H2,1H3,(H,21,24). The van der Waals surface area contributed by atoms with Crippen LogP contribution >= 0.6 is 11.3 Å². The van der Waals surface area contributed by atoms with Gasteiger partial charge in [0.05, 0.1) is 0 Å². The van der Waals surface area contributed by atoms with Crippen LogP contribution < -0.4 is 5.32 Å². The first kappa shape index (κ1) is 17.4. The van der Waals surface area contributed by atoms with Gasteiger partial charge in [-0.2, -0.15) is 0 Å². The Morgan fingerprint density at radius 2 is 2.08 bits per heavy atom. The third kappa shape index (κ3) is 3.96. The number of amides is 2. The van der Waals surface area contributed by atoms with Crippen molar-refractivity contribution in [2.45, 2.75) is 19.4 Å². The summed E-state index contributed by atoms with van der Waals surface area (Å²) in [6.07, 6.45) is 3.87. The molecular weight excluding hydrogens is 339 g/mol. The Hall–Kier alpha value is -2.47. The number of carbonyl (C=O) groups excluding carboxylic acids is 2. The highest BCUT2D eigenvalue weighted by molar-refractivity contribution is 7.16. The molecule has 0 spiro atoms. The summed E-state index contributed by atoms with van der Waals surface area (Å²) >= 11 is 1.53. The fraction of sp³-hybridized carbons (Fsp3) is 0.263. The van der Waals surface area contributed by atoms with Gasteiger partial charge in [0.25, 0.3) is 0 Å². The van der Waals surface area contributed by atoms with Gasteiger partial charge in [0.15, 0.2) is 0 Å². The van der Waals surface area contributed by atoms with E-state index in [0.29, 0.717) is 19.5 Å². The van der Waals surface area contributed by atoms with Crippen LogP contribution in [-0.2, 0) is 9.59 Å². The Morgan fingerprint density at radius 3 is 2.80 bits per heavy atom. The average Bonchev–Trinajstić information content (AvgIpc) is 3.09. The van der Waals surface area contributed by atoms with Gasteiger partial charge in [-0.05, 0) is 42.3 Å². The Morgan fingerprint density at radius 1 is 1.32 bits per heavy atom. The minimum atomic E-state index is -0.399. The summed E-state index contributed by atoms with van der Waals surface area (Å²) in [4.78, 5) is 27.8. The van der Waals surface area contributed by atoms with E-state index in [9.17, 15) is 14.0 Å². The minimum Gasteiger partial charge on any atom is -0.353 e. The maximum Gasteiger partial charge on any atom is 0.247 e. The van der Waals surface area contributed by atoms with Gasteiger partial charge in [-0.25, -0.2) is 4.39 Å². The molecule has 3 rings (SSSR count). The molecular formula is C19H19FN2O2S. The lowest BCUT2D eigenvalue weighted by Gasteiger charge is -2.33. The third-order valence-electron chi connectivity index (χ3n) is 4.15. The van der Waals surface area contributed by atoms with E-state index in [4.69, 9.17) is 0 Å². The number of piperazine rings is 1. The normalized spacial score (nSPS) is 17.8. The van der Waals surface area contributed by atoms with Gasteiger partial charge < -0.3 is 10.2 Å². The first-order valence-electron chi connectivity index (χ1n) is 8.20. The number of rotatable bonds is 4. The summed E-state index contributed by atoms with van der Waals surface area (Å²) in [5.41, 5.74) is 0.941. The third-order valence-corrected chi connectivity index (χ3v) is 5.25. The van der Waals surface area contributed by atoms with Crippen molar-refractivity contribution < 1.29 is 14.0 Å². The zero-order chi connectivity index (χ0) is 17.8. The van der Waals surface area contributed by atoms with Crippen molar-refractivity contribution in [1.29, 1.82) is 0 Å². The van der Waals surface area contributed by atoms with Crippen molar-refractivity contribution in [3.8, 4) is 10.4 Å². The topological polar surface area (TPSA) is 49.4 Å². The van der Waals surface area contributed by atoms with Crippen LogP contribution in [0.25, 0.3) is 16.5 Å². The van der Waals surface area contributed by atoms with E-state index in [1.807, 2.05) is 19.1 Å². The van der Waals surface area contributed by atoms with Gasteiger partial charge >= 0.3 is 0 Å². The molecule has 1 aliphatic heterocycles. The fourth-order valence-electron chi connectivity index (χ4n) is 2.85. The molecule has 1 N–H and O–H groups in total. The van der Waals surface area contributed by atoms with Crippen molar-refractivity contribution in [3.05, 3.63) is 53.2 Å². The van der Waals surface area contributed by atoms with Gasteiger partial charge in [0.1, 0.15) is 11.9 Å². The van der Waals surface area contributed by atoms with Crippen LogP contribution in [0.4, 0.5) is 4.39 Å². The van der Waals surface area contributed by atoms with E-state index >= 15 is 0 Å². The summed E-state index contributed by atoms with van der Waals surface area (Å²) in [6, 6.07) is 9.80. The van der Waals surface area contributed by atoms with Gasteiger partial charge in [-0.15, -0.1) is 11.3 Å². The molecule has 2 heterocycles. The molecule has 1 atom stereocenters. The monoisotopic (exact) mass is 358 g/mol. The summed E-state index contributed by atoms with van der Waals surface area (Å²) in [5.74, 6) is -0.509. The molecule has 2 amide bonds. The molecule has 1 unspecified atom stereocenters. The van der Waals surface area contributed by atoms with Gasteiger partial charge in [-0.1, -0.05) is 19.1 Å².